The Kier molecular flexibility index (Phi) is 4.74. The Labute approximate surface area is 154 Å². The lowest BCUT2D eigenvalue weighted by Crippen LogP contribution is -2.25. The topological polar surface area (TPSA) is 77.1 Å². The van der Waals surface area contributed by atoms with Crippen LogP contribution in [-0.2, 0) is 19.3 Å². The highest BCUT2D eigenvalue weighted by molar-refractivity contribution is 9.10. The summed E-state index contributed by atoms with van der Waals surface area (Å²) in [6, 6.07) is 2.11. The van der Waals surface area contributed by atoms with Crippen LogP contribution in [0.3, 0.4) is 0 Å². The van der Waals surface area contributed by atoms with Crippen LogP contribution in [0, 0.1) is 6.92 Å². The Hall–Kier alpha value is -2.43. The van der Waals surface area contributed by atoms with Gasteiger partial charge < -0.3 is 5.32 Å². The summed E-state index contributed by atoms with van der Waals surface area (Å²) in [5, 5.41) is 10.5. The lowest BCUT2D eigenvalue weighted by Gasteiger charge is -2.09. The van der Waals surface area contributed by atoms with Crippen LogP contribution in [0.4, 0.5) is 13.2 Å². The van der Waals surface area contributed by atoms with Gasteiger partial charge in [0.25, 0.3) is 5.91 Å². The van der Waals surface area contributed by atoms with E-state index in [9.17, 15) is 18.0 Å². The second-order valence-corrected chi connectivity index (χ2v) is 6.37. The van der Waals surface area contributed by atoms with E-state index in [2.05, 4.69) is 36.4 Å². The lowest BCUT2D eigenvalue weighted by atomic mass is 10.3. The number of rotatable bonds is 4. The third-order valence-electron chi connectivity index (χ3n) is 3.69. The number of alkyl halides is 3. The largest absolute Gasteiger partial charge is 0.433 e. The van der Waals surface area contributed by atoms with Gasteiger partial charge in [0.1, 0.15) is 5.69 Å². The predicted octanol–water partition coefficient (Wildman–Crippen LogP) is 2.97. The molecule has 0 spiro atoms. The number of carbonyl (C=O) groups is 1. The third kappa shape index (κ3) is 3.43. The van der Waals surface area contributed by atoms with Crippen LogP contribution >= 0.6 is 15.9 Å². The summed E-state index contributed by atoms with van der Waals surface area (Å²) in [5.41, 5.74) is -0.234. The van der Waals surface area contributed by atoms with Gasteiger partial charge in [-0.05, 0) is 35.8 Å². The third-order valence-corrected chi connectivity index (χ3v) is 4.35. The molecule has 0 atom stereocenters. The maximum atomic E-state index is 13.2. The number of nitrogens with one attached hydrogen (secondary N) is 1. The minimum absolute atomic E-state index is 0.0396. The van der Waals surface area contributed by atoms with Crippen molar-refractivity contribution in [2.75, 3.05) is 0 Å². The molecule has 0 saturated heterocycles. The van der Waals surface area contributed by atoms with Crippen LogP contribution in [0.15, 0.2) is 22.8 Å². The monoisotopic (exact) mass is 430 g/mol. The molecule has 0 aromatic carbocycles. The maximum Gasteiger partial charge on any atom is 0.433 e. The molecule has 0 aliphatic carbocycles. The van der Waals surface area contributed by atoms with Crippen molar-refractivity contribution in [1.29, 1.82) is 0 Å². The summed E-state index contributed by atoms with van der Waals surface area (Å²) in [6.07, 6.45) is -3.00. The van der Waals surface area contributed by atoms with Crippen LogP contribution in [0.5, 0.6) is 0 Å². The molecule has 0 saturated carbocycles. The molecule has 0 radical (unpaired) electrons. The first kappa shape index (κ1) is 18.4. The zero-order chi connectivity index (χ0) is 19.1. The number of halogens is 4. The van der Waals surface area contributed by atoms with Crippen molar-refractivity contribution < 1.29 is 18.0 Å². The molecule has 0 unspecified atom stereocenters. The zero-order valence-corrected chi connectivity index (χ0v) is 15.4. The van der Waals surface area contributed by atoms with Crippen LogP contribution < -0.4 is 5.32 Å². The fraction of sp³-hybridized carbons (Fsp3) is 0.333. The molecule has 3 aromatic heterocycles. The molecule has 3 aromatic rings. The minimum Gasteiger partial charge on any atom is -0.345 e. The summed E-state index contributed by atoms with van der Waals surface area (Å²) in [4.78, 5) is 16.3. The van der Waals surface area contributed by atoms with Gasteiger partial charge in [-0.3, -0.25) is 9.48 Å². The van der Waals surface area contributed by atoms with E-state index >= 15 is 0 Å². The van der Waals surface area contributed by atoms with Crippen molar-refractivity contribution in [2.45, 2.75) is 33.1 Å². The number of carbonyl (C=O) groups excluding carboxylic acids is 1. The lowest BCUT2D eigenvalue weighted by molar-refractivity contribution is -0.142. The van der Waals surface area contributed by atoms with E-state index in [-0.39, 0.29) is 23.6 Å². The van der Waals surface area contributed by atoms with E-state index in [1.54, 1.807) is 10.9 Å². The molecule has 0 bridgehead atoms. The molecular formula is C15H14BrF3N6O. The first-order valence-electron chi connectivity index (χ1n) is 7.63. The maximum absolute atomic E-state index is 13.2. The number of nitrogens with zero attached hydrogens (tertiary/aromatic N) is 5. The number of amides is 1. The van der Waals surface area contributed by atoms with Crippen molar-refractivity contribution in [3.8, 4) is 0 Å². The first-order chi connectivity index (χ1) is 12.2. The molecule has 3 heterocycles. The SMILES string of the molecule is CCn1ncc(Br)c1CNC(=O)c1cc2nc(C)cc(C(F)(F)F)n2n1. The number of hydrogen-bond acceptors (Lipinski definition) is 4. The molecule has 0 fully saturated rings. The van der Waals surface area contributed by atoms with E-state index in [4.69, 9.17) is 0 Å². The van der Waals surface area contributed by atoms with Gasteiger partial charge in [0.15, 0.2) is 11.3 Å². The van der Waals surface area contributed by atoms with Crippen molar-refractivity contribution in [2.24, 2.45) is 0 Å². The van der Waals surface area contributed by atoms with E-state index in [0.29, 0.717) is 11.1 Å². The highest BCUT2D eigenvalue weighted by Crippen LogP contribution is 2.29. The van der Waals surface area contributed by atoms with Gasteiger partial charge in [0.05, 0.1) is 22.9 Å². The Morgan fingerprint density at radius 1 is 1.35 bits per heavy atom. The minimum atomic E-state index is -4.61. The fourth-order valence-electron chi connectivity index (χ4n) is 2.50. The van der Waals surface area contributed by atoms with Crippen LogP contribution in [0.1, 0.15) is 34.5 Å². The van der Waals surface area contributed by atoms with Gasteiger partial charge in [0.2, 0.25) is 0 Å². The molecule has 3 rings (SSSR count). The number of fused-ring (bicyclic) bond motifs is 1. The van der Waals surface area contributed by atoms with Gasteiger partial charge in [-0.2, -0.15) is 23.4 Å². The number of aromatic nitrogens is 5. The second kappa shape index (κ2) is 6.71. The van der Waals surface area contributed by atoms with Crippen LogP contribution in [0.2, 0.25) is 0 Å². The van der Waals surface area contributed by atoms with E-state index in [1.807, 2.05) is 6.92 Å². The van der Waals surface area contributed by atoms with Crippen LogP contribution in [0.25, 0.3) is 5.65 Å². The summed E-state index contributed by atoms with van der Waals surface area (Å²) in [5.74, 6) is -0.600. The zero-order valence-electron chi connectivity index (χ0n) is 13.8. The Morgan fingerprint density at radius 2 is 2.08 bits per heavy atom. The average molecular weight is 431 g/mol. The molecule has 138 valence electrons. The summed E-state index contributed by atoms with van der Waals surface area (Å²) < 4.78 is 42.6. The van der Waals surface area contributed by atoms with E-state index in [0.717, 1.165) is 16.2 Å². The van der Waals surface area contributed by atoms with E-state index in [1.165, 1.54) is 13.0 Å². The summed E-state index contributed by atoms with van der Waals surface area (Å²) >= 11 is 3.34. The van der Waals surface area contributed by atoms with Crippen molar-refractivity contribution in [3.05, 3.63) is 45.6 Å². The first-order valence-corrected chi connectivity index (χ1v) is 8.43. The molecule has 0 aliphatic rings. The molecule has 26 heavy (non-hydrogen) atoms. The summed E-state index contributed by atoms with van der Waals surface area (Å²) in [6.45, 7) is 4.12. The van der Waals surface area contributed by atoms with Gasteiger partial charge in [-0.25, -0.2) is 9.50 Å². The molecule has 1 amide bonds. The normalized spacial score (nSPS) is 11.9. The second-order valence-electron chi connectivity index (χ2n) is 5.52. The van der Waals surface area contributed by atoms with Gasteiger partial charge in [0, 0.05) is 18.3 Å². The molecule has 11 heteroatoms. The van der Waals surface area contributed by atoms with Crippen molar-refractivity contribution in [1.82, 2.24) is 29.7 Å². The Morgan fingerprint density at radius 3 is 2.73 bits per heavy atom. The quantitative estimate of drug-likeness (QED) is 0.690. The molecule has 0 aliphatic heterocycles. The van der Waals surface area contributed by atoms with Gasteiger partial charge >= 0.3 is 6.18 Å². The van der Waals surface area contributed by atoms with Gasteiger partial charge in [-0.1, -0.05) is 0 Å². The van der Waals surface area contributed by atoms with Gasteiger partial charge in [-0.15, -0.1) is 0 Å². The smallest absolute Gasteiger partial charge is 0.345 e. The molecular weight excluding hydrogens is 417 g/mol. The molecule has 7 nitrogen and oxygen atoms in total. The highest BCUT2D eigenvalue weighted by Gasteiger charge is 2.35. The van der Waals surface area contributed by atoms with Crippen molar-refractivity contribution in [3.63, 3.8) is 0 Å². The number of hydrogen-bond donors (Lipinski definition) is 1. The summed E-state index contributed by atoms with van der Waals surface area (Å²) in [7, 11) is 0. The molecule has 1 N–H and O–H groups in total. The average Bonchev–Trinajstić information content (AvgIpc) is 3.14. The predicted molar refractivity (Wildman–Crippen MR) is 89.5 cm³/mol. The van der Waals surface area contributed by atoms with Crippen LogP contribution in [-0.4, -0.2) is 30.3 Å². The van der Waals surface area contributed by atoms with E-state index < -0.39 is 17.8 Å². The number of aryl methyl sites for hydroxylation is 2. The fourth-order valence-corrected chi connectivity index (χ4v) is 2.94. The Bertz CT molecular complexity index is 978. The van der Waals surface area contributed by atoms with Crippen molar-refractivity contribution >= 4 is 27.5 Å². The highest BCUT2D eigenvalue weighted by atomic mass is 79.9. The standard InChI is InChI=1S/C15H14BrF3N6O/c1-3-24-11(9(16)6-21-24)7-20-14(26)10-5-13-22-8(2)4-12(15(17,18)19)25(13)23-10/h4-6H,3,7H2,1-2H3,(H,20,26). The Balaban J connectivity index is 1.88.